The number of nitrogens with one attached hydrogen (secondary N) is 1. The summed E-state index contributed by atoms with van der Waals surface area (Å²) in [5.41, 5.74) is 2.88. The normalized spacial score (nSPS) is 10.2. The van der Waals surface area contributed by atoms with Crippen molar-refractivity contribution in [2.24, 2.45) is 0 Å². The van der Waals surface area contributed by atoms with Crippen molar-refractivity contribution in [3.8, 4) is 0 Å². The van der Waals surface area contributed by atoms with E-state index in [4.69, 9.17) is 0 Å². The van der Waals surface area contributed by atoms with E-state index in [-0.39, 0.29) is 5.91 Å². The molecule has 18 heavy (non-hydrogen) atoms. The molecule has 0 radical (unpaired) electrons. The van der Waals surface area contributed by atoms with E-state index in [1.54, 1.807) is 24.5 Å². The van der Waals surface area contributed by atoms with Crippen molar-refractivity contribution in [2.75, 3.05) is 5.32 Å². The molecule has 1 N–H and O–H groups in total. The van der Waals surface area contributed by atoms with Crippen LogP contribution < -0.4 is 5.32 Å². The molecule has 0 aliphatic heterocycles. The molecular formula is C13H12BrN3O. The Kier molecular flexibility index (Phi) is 3.72. The minimum absolute atomic E-state index is 0.174. The maximum absolute atomic E-state index is 12.1. The Morgan fingerprint density at radius 3 is 2.72 bits per heavy atom. The van der Waals surface area contributed by atoms with Crippen molar-refractivity contribution in [1.82, 2.24) is 9.97 Å². The van der Waals surface area contributed by atoms with Crippen LogP contribution in [0.2, 0.25) is 0 Å². The van der Waals surface area contributed by atoms with E-state index in [1.807, 2.05) is 19.9 Å². The summed E-state index contributed by atoms with van der Waals surface area (Å²) in [7, 11) is 0. The van der Waals surface area contributed by atoms with Gasteiger partial charge in [0.05, 0.1) is 21.4 Å². The van der Waals surface area contributed by atoms with Gasteiger partial charge in [0.25, 0.3) is 5.91 Å². The predicted octanol–water partition coefficient (Wildman–Crippen LogP) is 3.11. The number of halogens is 1. The molecular weight excluding hydrogens is 294 g/mol. The Balaban J connectivity index is 2.25. The lowest BCUT2D eigenvalue weighted by Crippen LogP contribution is -2.14. The molecule has 92 valence electrons. The number of aromatic nitrogens is 2. The van der Waals surface area contributed by atoms with Gasteiger partial charge in [-0.05, 0) is 48.0 Å². The second-order valence-corrected chi connectivity index (χ2v) is 4.75. The van der Waals surface area contributed by atoms with Gasteiger partial charge < -0.3 is 5.32 Å². The highest BCUT2D eigenvalue weighted by Gasteiger charge is 2.11. The van der Waals surface area contributed by atoms with Crippen molar-refractivity contribution in [1.29, 1.82) is 0 Å². The minimum atomic E-state index is -0.174. The molecule has 2 rings (SSSR count). The quantitative estimate of drug-likeness (QED) is 0.927. The summed E-state index contributed by atoms with van der Waals surface area (Å²) in [6.07, 6.45) is 3.26. The third-order valence-corrected chi connectivity index (χ3v) is 3.12. The summed E-state index contributed by atoms with van der Waals surface area (Å²) in [4.78, 5) is 20.3. The van der Waals surface area contributed by atoms with E-state index in [1.165, 1.54) is 0 Å². The molecule has 0 spiro atoms. The molecule has 0 aromatic carbocycles. The number of carbonyl (C=O) groups is 1. The van der Waals surface area contributed by atoms with E-state index in [0.29, 0.717) is 11.3 Å². The number of nitrogens with zero attached hydrogens (tertiary/aromatic N) is 2. The number of pyridine rings is 2. The van der Waals surface area contributed by atoms with Crippen LogP contribution in [0.25, 0.3) is 0 Å². The molecule has 0 atom stereocenters. The van der Waals surface area contributed by atoms with E-state index >= 15 is 0 Å². The van der Waals surface area contributed by atoms with Gasteiger partial charge in [0.15, 0.2) is 0 Å². The molecule has 0 bridgehead atoms. The average molecular weight is 306 g/mol. The minimum Gasteiger partial charge on any atom is -0.321 e. The van der Waals surface area contributed by atoms with Crippen molar-refractivity contribution >= 4 is 27.5 Å². The van der Waals surface area contributed by atoms with Crippen LogP contribution in [0, 0.1) is 13.8 Å². The molecule has 0 aliphatic carbocycles. The van der Waals surface area contributed by atoms with Gasteiger partial charge in [0.1, 0.15) is 0 Å². The number of rotatable bonds is 2. The summed E-state index contributed by atoms with van der Waals surface area (Å²) in [5.74, 6) is -0.174. The molecule has 0 fully saturated rings. The van der Waals surface area contributed by atoms with Crippen LogP contribution in [0.5, 0.6) is 0 Å². The monoisotopic (exact) mass is 305 g/mol. The van der Waals surface area contributed by atoms with Gasteiger partial charge in [0.2, 0.25) is 0 Å². The molecule has 2 aromatic rings. The number of hydrogen-bond acceptors (Lipinski definition) is 3. The van der Waals surface area contributed by atoms with Gasteiger partial charge in [-0.25, -0.2) is 0 Å². The van der Waals surface area contributed by atoms with E-state index in [0.717, 1.165) is 15.9 Å². The fourth-order valence-electron chi connectivity index (χ4n) is 1.59. The second kappa shape index (κ2) is 5.27. The maximum Gasteiger partial charge on any atom is 0.257 e. The molecule has 2 heterocycles. The maximum atomic E-state index is 12.1. The van der Waals surface area contributed by atoms with Crippen LogP contribution in [0.1, 0.15) is 21.7 Å². The van der Waals surface area contributed by atoms with Crippen LogP contribution in [0.3, 0.4) is 0 Å². The fraction of sp³-hybridized carbons (Fsp3) is 0.154. The fourth-order valence-corrected chi connectivity index (χ4v) is 1.94. The number of hydrogen-bond donors (Lipinski definition) is 1. The highest BCUT2D eigenvalue weighted by Crippen LogP contribution is 2.21. The lowest BCUT2D eigenvalue weighted by Gasteiger charge is -2.08. The van der Waals surface area contributed by atoms with Crippen LogP contribution in [0.15, 0.2) is 35.1 Å². The second-order valence-electron chi connectivity index (χ2n) is 3.90. The zero-order valence-electron chi connectivity index (χ0n) is 10.1. The van der Waals surface area contributed by atoms with Gasteiger partial charge in [0, 0.05) is 18.1 Å². The highest BCUT2D eigenvalue weighted by atomic mass is 79.9. The first-order valence-corrected chi connectivity index (χ1v) is 6.22. The van der Waals surface area contributed by atoms with Gasteiger partial charge >= 0.3 is 0 Å². The Morgan fingerprint density at radius 1 is 1.28 bits per heavy atom. The smallest absolute Gasteiger partial charge is 0.257 e. The van der Waals surface area contributed by atoms with E-state index < -0.39 is 0 Å². The molecule has 5 heteroatoms. The topological polar surface area (TPSA) is 54.9 Å². The van der Waals surface area contributed by atoms with Crippen molar-refractivity contribution in [3.05, 3.63) is 52.0 Å². The number of anilines is 1. The van der Waals surface area contributed by atoms with Crippen molar-refractivity contribution < 1.29 is 4.79 Å². The molecule has 4 nitrogen and oxygen atoms in total. The van der Waals surface area contributed by atoms with Gasteiger partial charge in [-0.15, -0.1) is 0 Å². The standard InChI is InChI=1S/C13H12BrN3O/c1-8-3-4-10(9(2)16-8)13(18)17-12-5-6-15-7-11(12)14/h3-7H,1-2H3,(H,15,17,18). The molecule has 0 saturated carbocycles. The van der Waals surface area contributed by atoms with Crippen LogP contribution in [-0.4, -0.2) is 15.9 Å². The van der Waals surface area contributed by atoms with Gasteiger partial charge in [-0.1, -0.05) is 0 Å². The Labute approximate surface area is 114 Å². The summed E-state index contributed by atoms with van der Waals surface area (Å²) in [5, 5.41) is 2.82. The summed E-state index contributed by atoms with van der Waals surface area (Å²) in [6, 6.07) is 5.34. The van der Waals surface area contributed by atoms with E-state index in [2.05, 4.69) is 31.2 Å². The zero-order chi connectivity index (χ0) is 13.1. The third-order valence-electron chi connectivity index (χ3n) is 2.49. The largest absolute Gasteiger partial charge is 0.321 e. The SMILES string of the molecule is Cc1ccc(C(=O)Nc2ccncc2Br)c(C)n1. The van der Waals surface area contributed by atoms with Gasteiger partial charge in [-0.3, -0.25) is 14.8 Å². The molecule has 0 aliphatic rings. The third kappa shape index (κ3) is 2.73. The Hall–Kier alpha value is -1.75. The molecule has 0 saturated heterocycles. The lowest BCUT2D eigenvalue weighted by molar-refractivity contribution is 0.102. The summed E-state index contributed by atoms with van der Waals surface area (Å²) in [6.45, 7) is 3.72. The highest BCUT2D eigenvalue weighted by molar-refractivity contribution is 9.10. The molecule has 1 amide bonds. The van der Waals surface area contributed by atoms with Crippen molar-refractivity contribution in [2.45, 2.75) is 13.8 Å². The lowest BCUT2D eigenvalue weighted by atomic mass is 10.1. The van der Waals surface area contributed by atoms with Crippen molar-refractivity contribution in [3.63, 3.8) is 0 Å². The zero-order valence-corrected chi connectivity index (χ0v) is 11.7. The Bertz CT molecular complexity index is 599. The molecule has 0 unspecified atom stereocenters. The number of carbonyl (C=O) groups excluding carboxylic acids is 1. The number of amides is 1. The average Bonchev–Trinajstić information content (AvgIpc) is 2.32. The first-order valence-electron chi connectivity index (χ1n) is 5.43. The van der Waals surface area contributed by atoms with Crippen LogP contribution in [0.4, 0.5) is 5.69 Å². The first kappa shape index (κ1) is 12.7. The Morgan fingerprint density at radius 2 is 2.06 bits per heavy atom. The van der Waals surface area contributed by atoms with E-state index in [9.17, 15) is 4.79 Å². The molecule has 2 aromatic heterocycles. The summed E-state index contributed by atoms with van der Waals surface area (Å²) >= 11 is 3.33. The predicted molar refractivity (Wildman–Crippen MR) is 73.6 cm³/mol. The summed E-state index contributed by atoms with van der Waals surface area (Å²) < 4.78 is 0.746. The van der Waals surface area contributed by atoms with Crippen LogP contribution in [-0.2, 0) is 0 Å². The van der Waals surface area contributed by atoms with Crippen LogP contribution >= 0.6 is 15.9 Å². The van der Waals surface area contributed by atoms with Gasteiger partial charge in [-0.2, -0.15) is 0 Å². The first-order chi connectivity index (χ1) is 8.58. The number of aryl methyl sites for hydroxylation is 2.